The first-order valence-corrected chi connectivity index (χ1v) is 6.30. The van der Waals surface area contributed by atoms with Gasteiger partial charge in [0.15, 0.2) is 0 Å². The average Bonchev–Trinajstić information content (AvgIpc) is 2.40. The fourth-order valence-corrected chi connectivity index (χ4v) is 2.05. The summed E-state index contributed by atoms with van der Waals surface area (Å²) < 4.78 is 12.9. The Morgan fingerprint density at radius 3 is 2.47 bits per heavy atom. The van der Waals surface area contributed by atoms with Gasteiger partial charge in [-0.1, -0.05) is 24.3 Å². The second-order valence-electron chi connectivity index (χ2n) is 4.81. The molecular weight excluding hydrogens is 241 g/mol. The third kappa shape index (κ3) is 3.55. The lowest BCUT2D eigenvalue weighted by Gasteiger charge is -2.25. The van der Waals surface area contributed by atoms with E-state index in [0.29, 0.717) is 0 Å². The Labute approximate surface area is 113 Å². The number of aromatic hydroxyl groups is 1. The van der Waals surface area contributed by atoms with E-state index < -0.39 is 0 Å². The molecule has 3 heteroatoms. The predicted molar refractivity (Wildman–Crippen MR) is 74.4 cm³/mol. The third-order valence-corrected chi connectivity index (χ3v) is 3.36. The van der Waals surface area contributed by atoms with Gasteiger partial charge >= 0.3 is 0 Å². The molecule has 0 aliphatic carbocycles. The molecule has 1 N–H and O–H groups in total. The van der Waals surface area contributed by atoms with Gasteiger partial charge in [0.05, 0.1) is 0 Å². The van der Waals surface area contributed by atoms with Crippen molar-refractivity contribution in [2.45, 2.75) is 19.5 Å². The van der Waals surface area contributed by atoms with E-state index in [4.69, 9.17) is 0 Å². The number of phenols is 1. The van der Waals surface area contributed by atoms with Crippen LogP contribution in [0.2, 0.25) is 0 Å². The number of rotatable bonds is 4. The van der Waals surface area contributed by atoms with E-state index in [9.17, 15) is 9.50 Å². The van der Waals surface area contributed by atoms with Crippen molar-refractivity contribution >= 4 is 0 Å². The standard InChI is InChI=1S/C16H18FNO/c1-12(14-4-3-5-16(19)10-14)18(2)11-13-6-8-15(17)9-7-13/h3-10,12,19H,11H2,1-2H3. The molecule has 0 aliphatic rings. The molecule has 0 radical (unpaired) electrons. The first-order chi connectivity index (χ1) is 9.06. The summed E-state index contributed by atoms with van der Waals surface area (Å²) in [4.78, 5) is 2.15. The summed E-state index contributed by atoms with van der Waals surface area (Å²) in [5.41, 5.74) is 2.13. The molecule has 0 aromatic heterocycles. The lowest BCUT2D eigenvalue weighted by molar-refractivity contribution is 0.252. The van der Waals surface area contributed by atoms with Crippen molar-refractivity contribution in [1.29, 1.82) is 0 Å². The molecule has 2 aromatic carbocycles. The number of nitrogens with zero attached hydrogens (tertiary/aromatic N) is 1. The lowest BCUT2D eigenvalue weighted by atomic mass is 10.1. The maximum Gasteiger partial charge on any atom is 0.123 e. The van der Waals surface area contributed by atoms with Crippen molar-refractivity contribution in [3.63, 3.8) is 0 Å². The zero-order valence-electron chi connectivity index (χ0n) is 11.2. The summed E-state index contributed by atoms with van der Waals surface area (Å²) in [7, 11) is 2.01. The van der Waals surface area contributed by atoms with Crippen molar-refractivity contribution in [3.05, 3.63) is 65.5 Å². The molecule has 100 valence electrons. The second kappa shape index (κ2) is 5.85. The van der Waals surface area contributed by atoms with Gasteiger partial charge in [0, 0.05) is 12.6 Å². The minimum absolute atomic E-state index is 0.178. The molecular formula is C16H18FNO. The van der Waals surface area contributed by atoms with Gasteiger partial charge in [-0.25, -0.2) is 4.39 Å². The van der Waals surface area contributed by atoms with E-state index in [2.05, 4.69) is 11.8 Å². The molecule has 1 atom stereocenters. The van der Waals surface area contributed by atoms with Crippen LogP contribution in [-0.4, -0.2) is 17.1 Å². The molecule has 0 heterocycles. The molecule has 19 heavy (non-hydrogen) atoms. The van der Waals surface area contributed by atoms with Gasteiger partial charge in [0.25, 0.3) is 0 Å². The smallest absolute Gasteiger partial charge is 0.123 e. The van der Waals surface area contributed by atoms with Crippen LogP contribution in [0.15, 0.2) is 48.5 Å². The monoisotopic (exact) mass is 259 g/mol. The van der Waals surface area contributed by atoms with E-state index in [-0.39, 0.29) is 17.6 Å². The average molecular weight is 259 g/mol. The van der Waals surface area contributed by atoms with Crippen LogP contribution in [0.5, 0.6) is 5.75 Å². The topological polar surface area (TPSA) is 23.5 Å². The SMILES string of the molecule is CC(c1cccc(O)c1)N(C)Cc1ccc(F)cc1. The van der Waals surface area contributed by atoms with E-state index in [0.717, 1.165) is 17.7 Å². The summed E-state index contributed by atoms with van der Waals surface area (Å²) in [5, 5.41) is 9.50. The fraction of sp³-hybridized carbons (Fsp3) is 0.250. The fourth-order valence-electron chi connectivity index (χ4n) is 2.05. The minimum Gasteiger partial charge on any atom is -0.508 e. The van der Waals surface area contributed by atoms with Gasteiger partial charge < -0.3 is 5.11 Å². The highest BCUT2D eigenvalue weighted by molar-refractivity contribution is 5.29. The first-order valence-electron chi connectivity index (χ1n) is 6.30. The van der Waals surface area contributed by atoms with Gasteiger partial charge in [0.1, 0.15) is 11.6 Å². The number of benzene rings is 2. The molecule has 0 saturated heterocycles. The number of phenolic OH excluding ortho intramolecular Hbond substituents is 1. The van der Waals surface area contributed by atoms with Crippen LogP contribution in [0, 0.1) is 5.82 Å². The zero-order chi connectivity index (χ0) is 13.8. The van der Waals surface area contributed by atoms with Crippen LogP contribution in [-0.2, 0) is 6.54 Å². The molecule has 2 nitrogen and oxygen atoms in total. The second-order valence-corrected chi connectivity index (χ2v) is 4.81. The Morgan fingerprint density at radius 1 is 1.16 bits per heavy atom. The minimum atomic E-state index is -0.215. The highest BCUT2D eigenvalue weighted by Gasteiger charge is 2.12. The Bertz CT molecular complexity index is 539. The van der Waals surface area contributed by atoms with E-state index in [1.807, 2.05) is 19.2 Å². The summed E-state index contributed by atoms with van der Waals surface area (Å²) >= 11 is 0. The number of halogens is 1. The lowest BCUT2D eigenvalue weighted by Crippen LogP contribution is -2.21. The quantitative estimate of drug-likeness (QED) is 0.904. The molecule has 1 unspecified atom stereocenters. The number of hydrogen-bond donors (Lipinski definition) is 1. The largest absolute Gasteiger partial charge is 0.508 e. The first kappa shape index (κ1) is 13.6. The van der Waals surface area contributed by atoms with Gasteiger partial charge in [-0.2, -0.15) is 0 Å². The van der Waals surface area contributed by atoms with Crippen LogP contribution < -0.4 is 0 Å². The van der Waals surface area contributed by atoms with E-state index in [1.54, 1.807) is 24.3 Å². The van der Waals surface area contributed by atoms with Gasteiger partial charge in [0.2, 0.25) is 0 Å². The van der Waals surface area contributed by atoms with Crippen LogP contribution in [0.4, 0.5) is 4.39 Å². The molecule has 0 aliphatic heterocycles. The zero-order valence-corrected chi connectivity index (χ0v) is 11.2. The Kier molecular flexibility index (Phi) is 4.17. The van der Waals surface area contributed by atoms with E-state index in [1.165, 1.54) is 12.1 Å². The normalized spacial score (nSPS) is 12.6. The number of hydrogen-bond acceptors (Lipinski definition) is 2. The molecule has 0 bridgehead atoms. The van der Waals surface area contributed by atoms with Gasteiger partial charge in [-0.3, -0.25) is 4.90 Å². The van der Waals surface area contributed by atoms with E-state index >= 15 is 0 Å². The highest BCUT2D eigenvalue weighted by Crippen LogP contribution is 2.23. The molecule has 0 fully saturated rings. The molecule has 2 rings (SSSR count). The van der Waals surface area contributed by atoms with Crippen LogP contribution >= 0.6 is 0 Å². The van der Waals surface area contributed by atoms with Crippen LogP contribution in [0.3, 0.4) is 0 Å². The van der Waals surface area contributed by atoms with Crippen molar-refractivity contribution < 1.29 is 9.50 Å². The van der Waals surface area contributed by atoms with Crippen molar-refractivity contribution in [3.8, 4) is 5.75 Å². The van der Waals surface area contributed by atoms with Gasteiger partial charge in [-0.15, -0.1) is 0 Å². The maximum absolute atomic E-state index is 12.9. The highest BCUT2D eigenvalue weighted by atomic mass is 19.1. The Hall–Kier alpha value is -1.87. The summed E-state index contributed by atoms with van der Waals surface area (Å²) in [5.74, 6) is 0.0620. The molecule has 0 amide bonds. The summed E-state index contributed by atoms with van der Waals surface area (Å²) in [6, 6.07) is 14.0. The molecule has 2 aromatic rings. The predicted octanol–water partition coefficient (Wildman–Crippen LogP) is 3.72. The summed E-state index contributed by atoms with van der Waals surface area (Å²) in [6.07, 6.45) is 0. The Balaban J connectivity index is 2.07. The van der Waals surface area contributed by atoms with Crippen LogP contribution in [0.1, 0.15) is 24.1 Å². The van der Waals surface area contributed by atoms with Crippen molar-refractivity contribution in [1.82, 2.24) is 4.90 Å². The van der Waals surface area contributed by atoms with Crippen LogP contribution in [0.25, 0.3) is 0 Å². The summed E-state index contributed by atoms with van der Waals surface area (Å²) in [6.45, 7) is 2.81. The molecule has 0 spiro atoms. The third-order valence-electron chi connectivity index (χ3n) is 3.36. The molecule has 0 saturated carbocycles. The van der Waals surface area contributed by atoms with Crippen molar-refractivity contribution in [2.75, 3.05) is 7.05 Å². The van der Waals surface area contributed by atoms with Crippen molar-refractivity contribution in [2.24, 2.45) is 0 Å². The maximum atomic E-state index is 12.9. The van der Waals surface area contributed by atoms with Gasteiger partial charge in [-0.05, 0) is 49.4 Å². The Morgan fingerprint density at radius 2 is 1.84 bits per heavy atom.